The minimum Gasteiger partial charge on any atom is -0.304 e. The summed E-state index contributed by atoms with van der Waals surface area (Å²) in [6, 6.07) is 7.81. The van der Waals surface area contributed by atoms with Crippen LogP contribution >= 0.6 is 11.6 Å². The number of benzene rings is 1. The number of rotatable bonds is 9. The number of carbonyl (C=O) groups is 1. The molecule has 1 amide bonds. The zero-order chi connectivity index (χ0) is 19.9. The topological polar surface area (TPSA) is 57.8 Å². The van der Waals surface area contributed by atoms with E-state index in [0.29, 0.717) is 16.4 Å². The van der Waals surface area contributed by atoms with Crippen molar-refractivity contribution in [3.63, 3.8) is 0 Å². The lowest BCUT2D eigenvalue weighted by atomic mass is 9.92. The molecule has 4 nitrogen and oxygen atoms in total. The molecule has 0 atom stereocenters. The van der Waals surface area contributed by atoms with Crippen LogP contribution in [-0.2, 0) is 11.8 Å². The number of halogens is 1. The summed E-state index contributed by atoms with van der Waals surface area (Å²) >= 11 is 6.36. The quantitative estimate of drug-likeness (QED) is 0.480. The van der Waals surface area contributed by atoms with E-state index in [1.165, 1.54) is 44.1 Å². The van der Waals surface area contributed by atoms with E-state index in [0.717, 1.165) is 12.1 Å². The fraction of sp³-hybridized carbons (Fsp3) is 0.545. The van der Waals surface area contributed by atoms with Crippen LogP contribution in [0.2, 0.25) is 5.02 Å². The predicted molar refractivity (Wildman–Crippen MR) is 114 cm³/mol. The molecule has 0 unspecified atom stereocenters. The molecule has 1 heterocycles. The highest BCUT2D eigenvalue weighted by atomic mass is 35.5. The van der Waals surface area contributed by atoms with Gasteiger partial charge in [0.15, 0.2) is 5.82 Å². The number of aromatic nitrogens is 2. The van der Waals surface area contributed by atoms with Crippen LogP contribution in [0.15, 0.2) is 24.3 Å². The van der Waals surface area contributed by atoms with Crippen LogP contribution in [0, 0.1) is 0 Å². The molecule has 0 saturated heterocycles. The number of aromatic amines is 1. The molecule has 0 spiro atoms. The summed E-state index contributed by atoms with van der Waals surface area (Å²) in [5, 5.41) is 10.3. The Bertz CT molecular complexity index is 729. The highest BCUT2D eigenvalue weighted by Crippen LogP contribution is 2.32. The van der Waals surface area contributed by atoms with Crippen LogP contribution in [0.5, 0.6) is 0 Å². The third kappa shape index (κ3) is 6.39. The Morgan fingerprint density at radius 3 is 2.30 bits per heavy atom. The lowest BCUT2D eigenvalue weighted by Gasteiger charge is -2.16. The lowest BCUT2D eigenvalue weighted by molar-refractivity contribution is 0.102. The summed E-state index contributed by atoms with van der Waals surface area (Å²) in [5.74, 6) is 0.178. The minimum absolute atomic E-state index is 0.161. The summed E-state index contributed by atoms with van der Waals surface area (Å²) < 4.78 is 0. The lowest BCUT2D eigenvalue weighted by Crippen LogP contribution is -2.13. The van der Waals surface area contributed by atoms with E-state index in [1.54, 1.807) is 0 Å². The van der Waals surface area contributed by atoms with Gasteiger partial charge in [-0.3, -0.25) is 9.89 Å². The maximum atomic E-state index is 12.5. The van der Waals surface area contributed by atoms with Crippen LogP contribution in [0.1, 0.15) is 87.8 Å². The number of H-pyrrole nitrogens is 1. The number of aryl methyl sites for hydroxylation is 1. The van der Waals surface area contributed by atoms with Crippen molar-refractivity contribution in [1.29, 1.82) is 0 Å². The Labute approximate surface area is 168 Å². The van der Waals surface area contributed by atoms with E-state index >= 15 is 0 Å². The van der Waals surface area contributed by atoms with Crippen molar-refractivity contribution in [2.24, 2.45) is 0 Å². The molecule has 27 heavy (non-hydrogen) atoms. The number of anilines is 1. The first-order chi connectivity index (χ1) is 12.8. The van der Waals surface area contributed by atoms with Crippen molar-refractivity contribution in [3.8, 4) is 0 Å². The van der Waals surface area contributed by atoms with Gasteiger partial charge in [0.2, 0.25) is 0 Å². The van der Waals surface area contributed by atoms with Gasteiger partial charge >= 0.3 is 0 Å². The Morgan fingerprint density at radius 1 is 1.07 bits per heavy atom. The summed E-state index contributed by atoms with van der Waals surface area (Å²) in [6.45, 7) is 8.36. The highest BCUT2D eigenvalue weighted by molar-refractivity contribution is 6.34. The van der Waals surface area contributed by atoms with E-state index in [2.05, 4.69) is 22.4 Å². The molecule has 2 aromatic rings. The van der Waals surface area contributed by atoms with E-state index in [1.807, 2.05) is 45.0 Å². The van der Waals surface area contributed by atoms with Crippen LogP contribution in [-0.4, -0.2) is 16.1 Å². The number of hydrogen-bond donors (Lipinski definition) is 2. The summed E-state index contributed by atoms with van der Waals surface area (Å²) in [5.41, 5.74) is 2.53. The second-order valence-electron chi connectivity index (χ2n) is 8.18. The van der Waals surface area contributed by atoms with Gasteiger partial charge in [0, 0.05) is 11.0 Å². The van der Waals surface area contributed by atoms with Crippen molar-refractivity contribution in [3.05, 3.63) is 46.1 Å². The average Bonchev–Trinajstić information content (AvgIpc) is 2.99. The molecule has 0 fully saturated rings. The fourth-order valence-electron chi connectivity index (χ4n) is 3.02. The fourth-order valence-corrected chi connectivity index (χ4v) is 3.44. The molecule has 0 radical (unpaired) electrons. The first-order valence-corrected chi connectivity index (χ1v) is 10.4. The number of amides is 1. The molecule has 0 saturated carbocycles. The maximum Gasteiger partial charge on any atom is 0.256 e. The van der Waals surface area contributed by atoms with Crippen molar-refractivity contribution >= 4 is 23.3 Å². The predicted octanol–water partition coefficient (Wildman–Crippen LogP) is 6.52. The molecule has 1 aromatic heterocycles. The standard InChI is InChI=1S/C22H32ClN3O/c1-5-6-7-8-9-10-11-16-12-14-17(15-13-16)21(27)24-20-18(23)19(25-26-20)22(2,3)4/h12-15H,5-11H2,1-4H3,(H2,24,25,26,27). The zero-order valence-electron chi connectivity index (χ0n) is 17.0. The van der Waals surface area contributed by atoms with Crippen molar-refractivity contribution in [2.75, 3.05) is 5.32 Å². The number of hydrogen-bond acceptors (Lipinski definition) is 2. The van der Waals surface area contributed by atoms with Gasteiger partial charge in [0.1, 0.15) is 5.02 Å². The van der Waals surface area contributed by atoms with Crippen molar-refractivity contribution in [1.82, 2.24) is 10.2 Å². The van der Waals surface area contributed by atoms with Gasteiger partial charge in [0.25, 0.3) is 5.91 Å². The van der Waals surface area contributed by atoms with Gasteiger partial charge in [-0.05, 0) is 30.5 Å². The summed E-state index contributed by atoms with van der Waals surface area (Å²) in [4.78, 5) is 12.5. The Hall–Kier alpha value is -1.81. The molecule has 148 valence electrons. The van der Waals surface area contributed by atoms with Crippen LogP contribution in [0.25, 0.3) is 0 Å². The van der Waals surface area contributed by atoms with Crippen LogP contribution < -0.4 is 5.32 Å². The third-order valence-electron chi connectivity index (χ3n) is 4.72. The number of carbonyl (C=O) groups excluding carboxylic acids is 1. The van der Waals surface area contributed by atoms with Crippen LogP contribution in [0.4, 0.5) is 5.82 Å². The Kier molecular flexibility index (Phi) is 7.91. The average molecular weight is 390 g/mol. The van der Waals surface area contributed by atoms with Gasteiger partial charge in [-0.1, -0.05) is 83.5 Å². The molecule has 0 aliphatic rings. The van der Waals surface area contributed by atoms with Gasteiger partial charge < -0.3 is 5.32 Å². The molecular formula is C22H32ClN3O. The molecule has 5 heteroatoms. The summed E-state index contributed by atoms with van der Waals surface area (Å²) in [7, 11) is 0. The minimum atomic E-state index is -0.199. The zero-order valence-corrected chi connectivity index (χ0v) is 17.7. The second kappa shape index (κ2) is 9.93. The molecular weight excluding hydrogens is 358 g/mol. The first kappa shape index (κ1) is 21.5. The van der Waals surface area contributed by atoms with E-state index in [4.69, 9.17) is 11.6 Å². The Balaban J connectivity index is 1.88. The maximum absolute atomic E-state index is 12.5. The number of unbranched alkanes of at least 4 members (excludes halogenated alkanes) is 5. The van der Waals surface area contributed by atoms with E-state index < -0.39 is 0 Å². The monoisotopic (exact) mass is 389 g/mol. The SMILES string of the molecule is CCCCCCCCc1ccc(C(=O)Nc2n[nH]c(C(C)(C)C)c2Cl)cc1. The number of nitrogens with zero attached hydrogens (tertiary/aromatic N) is 1. The Morgan fingerprint density at radius 2 is 1.70 bits per heavy atom. The molecule has 2 rings (SSSR count). The largest absolute Gasteiger partial charge is 0.304 e. The molecule has 2 N–H and O–H groups in total. The van der Waals surface area contributed by atoms with Gasteiger partial charge in [-0.2, -0.15) is 5.10 Å². The van der Waals surface area contributed by atoms with Gasteiger partial charge in [0.05, 0.1) is 5.69 Å². The van der Waals surface area contributed by atoms with Gasteiger partial charge in [-0.25, -0.2) is 0 Å². The van der Waals surface area contributed by atoms with E-state index in [9.17, 15) is 4.79 Å². The highest BCUT2D eigenvalue weighted by Gasteiger charge is 2.23. The second-order valence-corrected chi connectivity index (χ2v) is 8.56. The first-order valence-electron chi connectivity index (χ1n) is 9.97. The van der Waals surface area contributed by atoms with Gasteiger partial charge in [-0.15, -0.1) is 0 Å². The smallest absolute Gasteiger partial charge is 0.256 e. The van der Waals surface area contributed by atoms with Crippen molar-refractivity contribution in [2.45, 2.75) is 78.1 Å². The number of nitrogens with one attached hydrogen (secondary N) is 2. The van der Waals surface area contributed by atoms with Crippen LogP contribution in [0.3, 0.4) is 0 Å². The molecule has 0 aliphatic carbocycles. The normalized spacial score (nSPS) is 11.6. The summed E-state index contributed by atoms with van der Waals surface area (Å²) in [6.07, 6.45) is 8.81. The van der Waals surface area contributed by atoms with E-state index in [-0.39, 0.29) is 11.3 Å². The third-order valence-corrected chi connectivity index (χ3v) is 5.09. The molecule has 0 aliphatic heterocycles. The molecule has 1 aromatic carbocycles. The van der Waals surface area contributed by atoms with Crippen molar-refractivity contribution < 1.29 is 4.79 Å². The molecule has 0 bridgehead atoms.